The summed E-state index contributed by atoms with van der Waals surface area (Å²) < 4.78 is 10.7. The lowest BCUT2D eigenvalue weighted by molar-refractivity contribution is 0.0948. The number of hydrogen-bond acceptors (Lipinski definition) is 6. The van der Waals surface area contributed by atoms with Crippen LogP contribution in [-0.4, -0.2) is 46.9 Å². The predicted molar refractivity (Wildman–Crippen MR) is 88.2 cm³/mol. The van der Waals surface area contributed by atoms with Gasteiger partial charge >= 0.3 is 6.09 Å². The molecule has 7 nitrogen and oxygen atoms in total. The molecule has 1 N–H and O–H groups in total. The van der Waals surface area contributed by atoms with E-state index < -0.39 is 0 Å². The van der Waals surface area contributed by atoms with Crippen LogP contribution in [0.2, 0.25) is 0 Å². The molecule has 1 aromatic heterocycles. The summed E-state index contributed by atoms with van der Waals surface area (Å²) in [7, 11) is 0. The minimum Gasteiger partial charge on any atom is -0.450 e. The summed E-state index contributed by atoms with van der Waals surface area (Å²) >= 11 is 0. The van der Waals surface area contributed by atoms with Crippen LogP contribution in [0.4, 0.5) is 4.79 Å². The number of piperidine rings is 1. The number of nitrogens with one attached hydrogen (secondary N) is 1. The second-order valence-electron chi connectivity index (χ2n) is 5.71. The molecule has 1 aliphatic rings. The lowest BCUT2D eigenvalue weighted by atomic mass is 10.1. The fraction of sp³-hybridized carbons (Fsp3) is 0.471. The van der Waals surface area contributed by atoms with Gasteiger partial charge in [0.15, 0.2) is 0 Å². The summed E-state index contributed by atoms with van der Waals surface area (Å²) in [5.74, 6) is 1.10. The van der Waals surface area contributed by atoms with Gasteiger partial charge in [-0.25, -0.2) is 4.79 Å². The van der Waals surface area contributed by atoms with E-state index in [1.165, 1.54) is 0 Å². The Morgan fingerprint density at radius 1 is 1.29 bits per heavy atom. The molecule has 0 unspecified atom stereocenters. The minimum atomic E-state index is -0.222. The molecule has 0 atom stereocenters. The predicted octanol–water partition coefficient (Wildman–Crippen LogP) is 2.45. The second-order valence-corrected chi connectivity index (χ2v) is 5.71. The summed E-state index contributed by atoms with van der Waals surface area (Å²) in [6.07, 6.45) is 1.55. The number of rotatable bonds is 5. The molecule has 1 aliphatic heterocycles. The largest absolute Gasteiger partial charge is 0.450 e. The van der Waals surface area contributed by atoms with Gasteiger partial charge < -0.3 is 19.4 Å². The van der Waals surface area contributed by atoms with Gasteiger partial charge in [0.1, 0.15) is 0 Å². The zero-order valence-corrected chi connectivity index (χ0v) is 13.8. The Labute approximate surface area is 141 Å². The van der Waals surface area contributed by atoms with E-state index in [1.807, 2.05) is 37.3 Å². The van der Waals surface area contributed by atoms with Crippen LogP contribution in [0.15, 0.2) is 34.7 Å². The van der Waals surface area contributed by atoms with Crippen LogP contribution in [0.5, 0.6) is 0 Å². The van der Waals surface area contributed by atoms with Crippen molar-refractivity contribution in [2.24, 2.45) is 0 Å². The normalized spacial score (nSPS) is 15.5. The van der Waals surface area contributed by atoms with Crippen LogP contribution in [0.25, 0.3) is 11.5 Å². The standard InChI is InChI=1S/C17H22N4O3/c1-2-23-17(22)21-10-8-14(9-11-21)18-12-15-19-20-16(24-15)13-6-4-3-5-7-13/h3-7,14,18H,2,8-12H2,1H3. The van der Waals surface area contributed by atoms with Crippen LogP contribution in [0.1, 0.15) is 25.7 Å². The van der Waals surface area contributed by atoms with E-state index in [0.717, 1.165) is 18.4 Å². The fourth-order valence-corrected chi connectivity index (χ4v) is 2.74. The maximum atomic E-state index is 11.7. The van der Waals surface area contributed by atoms with Gasteiger partial charge in [0.2, 0.25) is 11.8 Å². The summed E-state index contributed by atoms with van der Waals surface area (Å²) in [6.45, 7) is 4.17. The van der Waals surface area contributed by atoms with Crippen molar-refractivity contribution in [2.45, 2.75) is 32.4 Å². The molecule has 1 amide bonds. The molecule has 1 aromatic carbocycles. The number of benzene rings is 1. The van der Waals surface area contributed by atoms with E-state index in [0.29, 0.717) is 44.1 Å². The molecular weight excluding hydrogens is 308 g/mol. The average Bonchev–Trinajstić information content (AvgIpc) is 3.10. The molecule has 7 heteroatoms. The number of aromatic nitrogens is 2. The fourth-order valence-electron chi connectivity index (χ4n) is 2.74. The Morgan fingerprint density at radius 3 is 2.75 bits per heavy atom. The number of amides is 1. The quantitative estimate of drug-likeness (QED) is 0.907. The first-order valence-electron chi connectivity index (χ1n) is 8.29. The van der Waals surface area contributed by atoms with Crippen molar-refractivity contribution in [1.29, 1.82) is 0 Å². The number of ether oxygens (including phenoxy) is 1. The topological polar surface area (TPSA) is 80.5 Å². The lowest BCUT2D eigenvalue weighted by Gasteiger charge is -2.31. The molecule has 2 aromatic rings. The Balaban J connectivity index is 1.46. The van der Waals surface area contributed by atoms with Crippen molar-refractivity contribution in [2.75, 3.05) is 19.7 Å². The SMILES string of the molecule is CCOC(=O)N1CCC(NCc2nnc(-c3ccccc3)o2)CC1. The smallest absolute Gasteiger partial charge is 0.409 e. The monoisotopic (exact) mass is 330 g/mol. The molecule has 1 fully saturated rings. The average molecular weight is 330 g/mol. The van der Waals surface area contributed by atoms with Crippen LogP contribution in [0, 0.1) is 0 Å². The molecule has 24 heavy (non-hydrogen) atoms. The van der Waals surface area contributed by atoms with E-state index in [2.05, 4.69) is 15.5 Å². The summed E-state index contributed by atoms with van der Waals surface area (Å²) in [6, 6.07) is 10.0. The zero-order valence-electron chi connectivity index (χ0n) is 13.8. The first-order valence-corrected chi connectivity index (χ1v) is 8.29. The van der Waals surface area contributed by atoms with E-state index in [1.54, 1.807) is 4.90 Å². The van der Waals surface area contributed by atoms with Gasteiger partial charge in [-0.2, -0.15) is 0 Å². The van der Waals surface area contributed by atoms with Crippen LogP contribution < -0.4 is 5.32 Å². The number of hydrogen-bond donors (Lipinski definition) is 1. The van der Waals surface area contributed by atoms with Gasteiger partial charge in [0, 0.05) is 24.7 Å². The van der Waals surface area contributed by atoms with E-state index in [9.17, 15) is 4.79 Å². The molecule has 128 valence electrons. The maximum absolute atomic E-state index is 11.7. The molecule has 0 spiro atoms. The number of likely N-dealkylation sites (tertiary alicyclic amines) is 1. The van der Waals surface area contributed by atoms with Crippen LogP contribution in [-0.2, 0) is 11.3 Å². The third-order valence-electron chi connectivity index (χ3n) is 4.05. The van der Waals surface area contributed by atoms with Gasteiger partial charge in [0.05, 0.1) is 13.2 Å². The van der Waals surface area contributed by atoms with Crippen molar-refractivity contribution in [3.05, 3.63) is 36.2 Å². The number of nitrogens with zero attached hydrogens (tertiary/aromatic N) is 3. The molecule has 1 saturated heterocycles. The van der Waals surface area contributed by atoms with Crippen LogP contribution in [0.3, 0.4) is 0 Å². The third kappa shape index (κ3) is 4.11. The van der Waals surface area contributed by atoms with E-state index in [-0.39, 0.29) is 6.09 Å². The highest BCUT2D eigenvalue weighted by atomic mass is 16.6. The van der Waals surface area contributed by atoms with Gasteiger partial charge in [-0.15, -0.1) is 10.2 Å². The Bertz CT molecular complexity index is 651. The second kappa shape index (κ2) is 7.92. The van der Waals surface area contributed by atoms with Gasteiger partial charge in [-0.3, -0.25) is 0 Å². The molecule has 3 rings (SSSR count). The third-order valence-corrected chi connectivity index (χ3v) is 4.05. The highest BCUT2D eigenvalue weighted by Crippen LogP contribution is 2.17. The van der Waals surface area contributed by atoms with E-state index >= 15 is 0 Å². The minimum absolute atomic E-state index is 0.222. The zero-order chi connectivity index (χ0) is 16.8. The van der Waals surface area contributed by atoms with Crippen molar-refractivity contribution >= 4 is 6.09 Å². The molecule has 0 bridgehead atoms. The lowest BCUT2D eigenvalue weighted by Crippen LogP contribution is -2.44. The molecule has 0 saturated carbocycles. The highest BCUT2D eigenvalue weighted by Gasteiger charge is 2.23. The first kappa shape index (κ1) is 16.4. The van der Waals surface area contributed by atoms with Gasteiger partial charge in [-0.05, 0) is 31.9 Å². The Morgan fingerprint density at radius 2 is 2.04 bits per heavy atom. The molecule has 2 heterocycles. The molecule has 0 aliphatic carbocycles. The Kier molecular flexibility index (Phi) is 5.43. The maximum Gasteiger partial charge on any atom is 0.409 e. The first-order chi connectivity index (χ1) is 11.8. The highest BCUT2D eigenvalue weighted by molar-refractivity contribution is 5.67. The summed E-state index contributed by atoms with van der Waals surface area (Å²) in [5.41, 5.74) is 0.916. The molecular formula is C17H22N4O3. The van der Waals surface area contributed by atoms with Crippen molar-refractivity contribution in [3.63, 3.8) is 0 Å². The number of carbonyl (C=O) groups excluding carboxylic acids is 1. The molecule has 0 radical (unpaired) electrons. The van der Waals surface area contributed by atoms with Gasteiger partial charge in [-0.1, -0.05) is 18.2 Å². The van der Waals surface area contributed by atoms with Crippen LogP contribution >= 0.6 is 0 Å². The summed E-state index contributed by atoms with van der Waals surface area (Å²) in [4.78, 5) is 13.4. The summed E-state index contributed by atoms with van der Waals surface area (Å²) in [5, 5.41) is 11.6. The van der Waals surface area contributed by atoms with Gasteiger partial charge in [0.25, 0.3) is 0 Å². The van der Waals surface area contributed by atoms with Crippen molar-refractivity contribution in [3.8, 4) is 11.5 Å². The van der Waals surface area contributed by atoms with Crippen molar-refractivity contribution < 1.29 is 13.9 Å². The number of carbonyl (C=O) groups is 1. The van der Waals surface area contributed by atoms with Crippen molar-refractivity contribution in [1.82, 2.24) is 20.4 Å². The van der Waals surface area contributed by atoms with E-state index in [4.69, 9.17) is 9.15 Å². The Hall–Kier alpha value is -2.41.